The van der Waals surface area contributed by atoms with Crippen molar-refractivity contribution in [1.29, 1.82) is 0 Å². The average molecular weight is 428 g/mol. The molecule has 0 aliphatic carbocycles. The summed E-state index contributed by atoms with van der Waals surface area (Å²) >= 11 is 0. The van der Waals surface area contributed by atoms with Crippen molar-refractivity contribution in [3.63, 3.8) is 0 Å². The molecule has 5 rings (SSSR count). The summed E-state index contributed by atoms with van der Waals surface area (Å²) in [6, 6.07) is 21.3. The van der Waals surface area contributed by atoms with Gasteiger partial charge in [0.1, 0.15) is 0 Å². The number of carbonyl (C=O) groups is 2. The van der Waals surface area contributed by atoms with Gasteiger partial charge in [0.2, 0.25) is 5.91 Å². The Kier molecular flexibility index (Phi) is 5.33. The van der Waals surface area contributed by atoms with Crippen LogP contribution in [0.4, 0.5) is 5.69 Å². The Morgan fingerprint density at radius 3 is 2.41 bits per heavy atom. The fourth-order valence-electron chi connectivity index (χ4n) is 4.33. The number of hydrogen-bond donors (Lipinski definition) is 2. The molecule has 3 aromatic carbocycles. The molecule has 2 heterocycles. The zero-order chi connectivity index (χ0) is 22.1. The highest BCUT2D eigenvalue weighted by Crippen LogP contribution is 2.24. The molecule has 2 amide bonds. The number of rotatable bonds is 4. The highest BCUT2D eigenvalue weighted by molar-refractivity contribution is 6.05. The summed E-state index contributed by atoms with van der Waals surface area (Å²) < 4.78 is 0. The lowest BCUT2D eigenvalue weighted by Crippen LogP contribution is -2.54. The van der Waals surface area contributed by atoms with Gasteiger partial charge in [0, 0.05) is 42.6 Å². The van der Waals surface area contributed by atoms with E-state index in [0.29, 0.717) is 31.9 Å². The molecule has 1 atom stereocenters. The van der Waals surface area contributed by atoms with Gasteiger partial charge in [-0.15, -0.1) is 0 Å². The third-order valence-corrected chi connectivity index (χ3v) is 6.25. The van der Waals surface area contributed by atoms with Crippen LogP contribution in [0.5, 0.6) is 0 Å². The van der Waals surface area contributed by atoms with E-state index in [1.807, 2.05) is 78.6 Å². The van der Waals surface area contributed by atoms with E-state index >= 15 is 0 Å². The first-order valence-corrected chi connectivity index (χ1v) is 10.9. The number of benzene rings is 3. The van der Waals surface area contributed by atoms with E-state index in [2.05, 4.69) is 20.4 Å². The lowest BCUT2D eigenvalue weighted by molar-refractivity contribution is -0.121. The van der Waals surface area contributed by atoms with E-state index in [4.69, 9.17) is 0 Å². The van der Waals surface area contributed by atoms with Crippen molar-refractivity contribution >= 4 is 39.2 Å². The molecule has 0 bridgehead atoms. The van der Waals surface area contributed by atoms with Crippen molar-refractivity contribution in [2.75, 3.05) is 31.5 Å². The smallest absolute Gasteiger partial charge is 0.275 e. The van der Waals surface area contributed by atoms with E-state index in [1.54, 1.807) is 0 Å². The SMILES string of the molecule is C[C@@H](C(=O)Nc1cccc2ccccc12)N1CCN(C(=O)c2n[nH]c3ccccc23)CC1. The number of amides is 2. The van der Waals surface area contributed by atoms with Crippen LogP contribution in [0.2, 0.25) is 0 Å². The minimum atomic E-state index is -0.294. The fourth-order valence-corrected chi connectivity index (χ4v) is 4.33. The average Bonchev–Trinajstić information content (AvgIpc) is 3.27. The molecular formula is C25H25N5O2. The normalized spacial score (nSPS) is 15.7. The molecule has 4 aromatic rings. The number of nitrogens with one attached hydrogen (secondary N) is 2. The summed E-state index contributed by atoms with van der Waals surface area (Å²) in [6.07, 6.45) is 0. The third kappa shape index (κ3) is 3.71. The Hall–Kier alpha value is -3.71. The fraction of sp³-hybridized carbons (Fsp3) is 0.240. The molecule has 7 nitrogen and oxygen atoms in total. The second kappa shape index (κ2) is 8.43. The Morgan fingerprint density at radius 1 is 0.906 bits per heavy atom. The minimum absolute atomic E-state index is 0.0422. The molecule has 0 radical (unpaired) electrons. The summed E-state index contributed by atoms with van der Waals surface area (Å²) in [5, 5.41) is 13.2. The highest BCUT2D eigenvalue weighted by atomic mass is 16.2. The van der Waals surface area contributed by atoms with Gasteiger partial charge in [0.15, 0.2) is 5.69 Å². The van der Waals surface area contributed by atoms with Crippen LogP contribution >= 0.6 is 0 Å². The second-order valence-corrected chi connectivity index (χ2v) is 8.14. The minimum Gasteiger partial charge on any atom is -0.335 e. The second-order valence-electron chi connectivity index (χ2n) is 8.14. The van der Waals surface area contributed by atoms with Crippen LogP contribution in [0.15, 0.2) is 66.7 Å². The zero-order valence-electron chi connectivity index (χ0n) is 17.9. The molecule has 0 unspecified atom stereocenters. The van der Waals surface area contributed by atoms with E-state index in [1.165, 1.54) is 0 Å². The maximum atomic E-state index is 13.0. The molecule has 0 spiro atoms. The number of nitrogens with zero attached hydrogens (tertiary/aromatic N) is 3. The van der Waals surface area contributed by atoms with Gasteiger partial charge in [-0.1, -0.05) is 54.6 Å². The van der Waals surface area contributed by atoms with Crippen LogP contribution < -0.4 is 5.32 Å². The number of fused-ring (bicyclic) bond motifs is 2. The number of carbonyl (C=O) groups excluding carboxylic acids is 2. The summed E-state index contributed by atoms with van der Waals surface area (Å²) in [4.78, 5) is 29.9. The molecule has 0 saturated carbocycles. The van der Waals surface area contributed by atoms with Crippen molar-refractivity contribution in [1.82, 2.24) is 20.0 Å². The van der Waals surface area contributed by atoms with Gasteiger partial charge in [-0.25, -0.2) is 0 Å². The van der Waals surface area contributed by atoms with Gasteiger partial charge in [-0.05, 0) is 24.4 Å². The van der Waals surface area contributed by atoms with E-state index in [9.17, 15) is 9.59 Å². The maximum Gasteiger partial charge on any atom is 0.275 e. The van der Waals surface area contributed by atoms with Crippen molar-refractivity contribution in [3.8, 4) is 0 Å². The summed E-state index contributed by atoms with van der Waals surface area (Å²) in [5.74, 6) is -0.116. The monoisotopic (exact) mass is 427 g/mol. The summed E-state index contributed by atoms with van der Waals surface area (Å²) in [5.41, 5.74) is 2.13. The number of aromatic nitrogens is 2. The predicted octanol–water partition coefficient (Wildman–Crippen LogP) is 3.50. The molecule has 7 heteroatoms. The Morgan fingerprint density at radius 2 is 1.59 bits per heavy atom. The molecule has 32 heavy (non-hydrogen) atoms. The van der Waals surface area contributed by atoms with Crippen molar-refractivity contribution < 1.29 is 9.59 Å². The van der Waals surface area contributed by atoms with Gasteiger partial charge in [-0.2, -0.15) is 5.10 Å². The zero-order valence-corrected chi connectivity index (χ0v) is 17.9. The van der Waals surface area contributed by atoms with E-state index in [-0.39, 0.29) is 17.9 Å². The molecule has 2 N–H and O–H groups in total. The quantitative estimate of drug-likeness (QED) is 0.522. The lowest BCUT2D eigenvalue weighted by Gasteiger charge is -2.37. The van der Waals surface area contributed by atoms with Crippen LogP contribution in [0.1, 0.15) is 17.4 Å². The van der Waals surface area contributed by atoms with Crippen LogP contribution in [0.3, 0.4) is 0 Å². The van der Waals surface area contributed by atoms with E-state index < -0.39 is 0 Å². The highest BCUT2D eigenvalue weighted by Gasteiger charge is 2.29. The van der Waals surface area contributed by atoms with Gasteiger partial charge in [0.25, 0.3) is 5.91 Å². The number of para-hydroxylation sites is 1. The number of H-pyrrole nitrogens is 1. The topological polar surface area (TPSA) is 81.3 Å². The predicted molar refractivity (Wildman–Crippen MR) is 126 cm³/mol. The number of piperazine rings is 1. The summed E-state index contributed by atoms with van der Waals surface area (Å²) in [6.45, 7) is 4.31. The molecule has 1 aliphatic heterocycles. The number of hydrogen-bond acceptors (Lipinski definition) is 4. The van der Waals surface area contributed by atoms with Crippen molar-refractivity contribution in [3.05, 3.63) is 72.4 Å². The first kappa shape index (κ1) is 20.2. The first-order valence-electron chi connectivity index (χ1n) is 10.9. The van der Waals surface area contributed by atoms with Crippen molar-refractivity contribution in [2.45, 2.75) is 13.0 Å². The van der Waals surface area contributed by atoms with Crippen LogP contribution in [0.25, 0.3) is 21.7 Å². The van der Waals surface area contributed by atoms with Crippen LogP contribution in [-0.4, -0.2) is 64.0 Å². The number of anilines is 1. The molecule has 1 fully saturated rings. The molecule has 1 aromatic heterocycles. The van der Waals surface area contributed by atoms with E-state index in [0.717, 1.165) is 27.4 Å². The van der Waals surface area contributed by atoms with Crippen molar-refractivity contribution in [2.24, 2.45) is 0 Å². The van der Waals surface area contributed by atoms with Gasteiger partial charge in [0.05, 0.1) is 11.6 Å². The summed E-state index contributed by atoms with van der Waals surface area (Å²) in [7, 11) is 0. The van der Waals surface area contributed by atoms with Gasteiger partial charge in [-0.3, -0.25) is 19.6 Å². The largest absolute Gasteiger partial charge is 0.335 e. The third-order valence-electron chi connectivity index (χ3n) is 6.25. The van der Waals surface area contributed by atoms with Crippen LogP contribution in [-0.2, 0) is 4.79 Å². The van der Waals surface area contributed by atoms with Gasteiger partial charge >= 0.3 is 0 Å². The maximum absolute atomic E-state index is 13.0. The molecule has 1 aliphatic rings. The van der Waals surface area contributed by atoms with Crippen LogP contribution in [0, 0.1) is 0 Å². The molecule has 162 valence electrons. The van der Waals surface area contributed by atoms with Gasteiger partial charge < -0.3 is 10.2 Å². The first-order chi connectivity index (χ1) is 15.6. The Bertz CT molecular complexity index is 1280. The standard InChI is InChI=1S/C25H25N5O2/c1-17(24(31)26-21-12-6-8-18-7-2-3-9-19(18)21)29-13-15-30(16-14-29)25(32)23-20-10-4-5-11-22(20)27-28-23/h2-12,17H,13-16H2,1H3,(H,26,31)(H,27,28)/t17-/m0/s1. The molecular weight excluding hydrogens is 402 g/mol. The molecule has 1 saturated heterocycles. The Balaban J connectivity index is 1.23. The Labute approximate surface area is 186 Å². The lowest BCUT2D eigenvalue weighted by atomic mass is 10.1. The number of aromatic amines is 1.